The summed E-state index contributed by atoms with van der Waals surface area (Å²) in [5, 5.41) is 0.657. The molecule has 3 aromatic carbocycles. The van der Waals surface area contributed by atoms with Crippen LogP contribution in [0.15, 0.2) is 88.8 Å². The summed E-state index contributed by atoms with van der Waals surface area (Å²) in [6, 6.07) is 26.6. The molecule has 1 amide bonds. The van der Waals surface area contributed by atoms with Gasteiger partial charge in [0.05, 0.1) is 22.9 Å². The van der Waals surface area contributed by atoms with Gasteiger partial charge in [-0.25, -0.2) is 4.99 Å². The van der Waals surface area contributed by atoms with E-state index in [4.69, 9.17) is 9.73 Å². The molecule has 0 saturated carbocycles. The number of aliphatic imine (C=N–C) groups is 1. The lowest BCUT2D eigenvalue weighted by atomic mass is 10.1. The zero-order chi connectivity index (χ0) is 28.2. The van der Waals surface area contributed by atoms with Crippen molar-refractivity contribution < 1.29 is 9.53 Å². The van der Waals surface area contributed by atoms with Crippen LogP contribution < -0.4 is 9.64 Å². The summed E-state index contributed by atoms with van der Waals surface area (Å²) in [7, 11) is 0. The minimum Gasteiger partial charge on any atom is -0.494 e. The van der Waals surface area contributed by atoms with Gasteiger partial charge in [-0.3, -0.25) is 9.69 Å². The second kappa shape index (κ2) is 12.0. The number of benzene rings is 3. The highest BCUT2D eigenvalue weighted by atomic mass is 32.2. The van der Waals surface area contributed by atoms with Crippen LogP contribution in [0.3, 0.4) is 0 Å². The molecule has 4 aromatic rings. The van der Waals surface area contributed by atoms with Crippen molar-refractivity contribution in [2.75, 3.05) is 11.5 Å². The third kappa shape index (κ3) is 5.63. The number of amides is 1. The topological polar surface area (TPSA) is 46.8 Å². The predicted molar refractivity (Wildman–Crippen MR) is 168 cm³/mol. The van der Waals surface area contributed by atoms with Gasteiger partial charge in [0.25, 0.3) is 5.91 Å². The molecular weight excluding hydrogens is 514 g/mol. The van der Waals surface area contributed by atoms with Crippen LogP contribution in [0.5, 0.6) is 5.75 Å². The minimum atomic E-state index is -0.0657. The number of amidine groups is 1. The second-order valence-electron chi connectivity index (χ2n) is 9.77. The van der Waals surface area contributed by atoms with Gasteiger partial charge in [-0.05, 0) is 123 Å². The number of anilines is 1. The van der Waals surface area contributed by atoms with Gasteiger partial charge >= 0.3 is 0 Å². The highest BCUT2D eigenvalue weighted by Gasteiger charge is 2.35. The number of carbonyl (C=O) groups is 1. The van der Waals surface area contributed by atoms with Crippen molar-refractivity contribution in [3.63, 3.8) is 0 Å². The van der Waals surface area contributed by atoms with Gasteiger partial charge in [-0.2, -0.15) is 0 Å². The highest BCUT2D eigenvalue weighted by molar-refractivity contribution is 8.19. The van der Waals surface area contributed by atoms with Crippen LogP contribution in [0.4, 0.5) is 11.4 Å². The molecule has 5 rings (SSSR count). The van der Waals surface area contributed by atoms with Crippen molar-refractivity contribution in [1.82, 2.24) is 4.57 Å². The Hall–Kier alpha value is -4.03. The number of ether oxygens (including phenoxy) is 1. The number of carbonyl (C=O) groups excluding carboxylic acids is 1. The normalized spacial score (nSPS) is 15.4. The van der Waals surface area contributed by atoms with E-state index in [1.807, 2.05) is 49.4 Å². The maximum atomic E-state index is 13.9. The first-order valence-electron chi connectivity index (χ1n) is 13.8. The Morgan fingerprint density at radius 2 is 1.43 bits per heavy atom. The average Bonchev–Trinajstić information content (AvgIpc) is 3.43. The van der Waals surface area contributed by atoms with E-state index in [-0.39, 0.29) is 5.91 Å². The van der Waals surface area contributed by atoms with Gasteiger partial charge in [0.2, 0.25) is 0 Å². The fourth-order valence-corrected chi connectivity index (χ4v) is 5.90. The first-order chi connectivity index (χ1) is 19.4. The number of hydrogen-bond donors (Lipinski definition) is 0. The minimum absolute atomic E-state index is 0.0657. The van der Waals surface area contributed by atoms with Crippen molar-refractivity contribution in [3.05, 3.63) is 112 Å². The lowest BCUT2D eigenvalue weighted by Crippen LogP contribution is -2.28. The van der Waals surface area contributed by atoms with Gasteiger partial charge in [0.15, 0.2) is 5.17 Å². The molecule has 0 atom stereocenters. The smallest absolute Gasteiger partial charge is 0.271 e. The fraction of sp³-hybridized carbons (Fsp3) is 0.235. The Kier molecular flexibility index (Phi) is 8.27. The molecule has 204 valence electrons. The summed E-state index contributed by atoms with van der Waals surface area (Å²) in [5.74, 6) is 0.788. The first-order valence-corrected chi connectivity index (χ1v) is 14.7. The van der Waals surface area contributed by atoms with Crippen LogP contribution in [0.25, 0.3) is 11.8 Å². The van der Waals surface area contributed by atoms with Crippen LogP contribution in [0.1, 0.15) is 48.8 Å². The van der Waals surface area contributed by atoms with Crippen molar-refractivity contribution >= 4 is 40.3 Å². The summed E-state index contributed by atoms with van der Waals surface area (Å²) in [6.45, 7) is 11.1. The number of aryl methyl sites for hydroxylation is 3. The van der Waals surface area contributed by atoms with Crippen molar-refractivity contribution in [3.8, 4) is 11.4 Å². The van der Waals surface area contributed by atoms with Crippen LogP contribution in [0.2, 0.25) is 0 Å². The van der Waals surface area contributed by atoms with Gasteiger partial charge in [-0.15, -0.1) is 0 Å². The lowest BCUT2D eigenvalue weighted by molar-refractivity contribution is -0.113. The molecule has 1 saturated heterocycles. The van der Waals surface area contributed by atoms with E-state index < -0.39 is 0 Å². The Balaban J connectivity index is 1.52. The van der Waals surface area contributed by atoms with E-state index in [0.29, 0.717) is 16.7 Å². The summed E-state index contributed by atoms with van der Waals surface area (Å²) in [5.41, 5.74) is 8.38. The Bertz CT molecular complexity index is 1560. The van der Waals surface area contributed by atoms with E-state index in [1.165, 1.54) is 22.9 Å². The fourth-order valence-electron chi connectivity index (χ4n) is 4.90. The Morgan fingerprint density at radius 1 is 0.825 bits per heavy atom. The van der Waals surface area contributed by atoms with Gasteiger partial charge < -0.3 is 9.30 Å². The molecule has 6 heteroatoms. The maximum Gasteiger partial charge on any atom is 0.271 e. The summed E-state index contributed by atoms with van der Waals surface area (Å²) < 4.78 is 7.82. The highest BCUT2D eigenvalue weighted by Crippen LogP contribution is 2.38. The molecule has 1 aliphatic rings. The molecule has 5 nitrogen and oxygen atoms in total. The second-order valence-corrected chi connectivity index (χ2v) is 10.8. The molecule has 0 aliphatic carbocycles. The Morgan fingerprint density at radius 3 is 2.02 bits per heavy atom. The predicted octanol–water partition coefficient (Wildman–Crippen LogP) is 8.43. The zero-order valence-electron chi connectivity index (χ0n) is 23.8. The molecule has 0 unspecified atom stereocenters. The van der Waals surface area contributed by atoms with Crippen molar-refractivity contribution in [2.24, 2.45) is 4.99 Å². The van der Waals surface area contributed by atoms with Crippen LogP contribution in [-0.4, -0.2) is 22.2 Å². The Labute approximate surface area is 241 Å². The summed E-state index contributed by atoms with van der Waals surface area (Å²) in [4.78, 5) is 21.2. The lowest BCUT2D eigenvalue weighted by Gasteiger charge is -2.16. The van der Waals surface area contributed by atoms with Gasteiger partial charge in [0, 0.05) is 17.1 Å². The monoisotopic (exact) mass is 549 g/mol. The standard InChI is InChI=1S/C34H35N3O2S/c1-6-25-9-13-28(14-10-25)35-34-37(30-15-11-26(7-2)12-16-30)33(38)32(40-34)22-27-21-23(4)36(24(27)5)29-17-19-31(20-18-29)39-8-3/h9-22H,6-8H2,1-5H3/b32-22-,35-34?. The maximum absolute atomic E-state index is 13.9. The van der Waals surface area contributed by atoms with Crippen LogP contribution in [0, 0.1) is 13.8 Å². The van der Waals surface area contributed by atoms with E-state index in [1.54, 1.807) is 4.90 Å². The third-order valence-corrected chi connectivity index (χ3v) is 8.11. The van der Waals surface area contributed by atoms with Crippen LogP contribution >= 0.6 is 11.8 Å². The molecule has 1 fully saturated rings. The molecule has 0 bridgehead atoms. The van der Waals surface area contributed by atoms with E-state index in [9.17, 15) is 4.79 Å². The first kappa shape index (κ1) is 27.5. The number of rotatable bonds is 8. The largest absolute Gasteiger partial charge is 0.494 e. The molecule has 2 heterocycles. The van der Waals surface area contributed by atoms with Gasteiger partial charge in [-0.1, -0.05) is 38.1 Å². The molecule has 0 radical (unpaired) electrons. The zero-order valence-corrected chi connectivity index (χ0v) is 24.6. The molecule has 1 aliphatic heterocycles. The number of thioether (sulfide) groups is 1. The SMILES string of the molecule is CCOc1ccc(-n2c(C)cc(/C=C3\SC(=Nc4ccc(CC)cc4)N(c4ccc(CC)cc4)C3=O)c2C)cc1. The number of aromatic nitrogens is 1. The molecule has 0 spiro atoms. The van der Waals surface area contributed by atoms with E-state index in [0.717, 1.165) is 52.6 Å². The molecule has 1 aromatic heterocycles. The van der Waals surface area contributed by atoms with E-state index in [2.05, 4.69) is 74.7 Å². The summed E-state index contributed by atoms with van der Waals surface area (Å²) in [6.07, 6.45) is 3.92. The van der Waals surface area contributed by atoms with Crippen molar-refractivity contribution in [2.45, 2.75) is 47.5 Å². The number of nitrogens with zero attached hydrogens (tertiary/aromatic N) is 3. The number of hydrogen-bond acceptors (Lipinski definition) is 4. The third-order valence-electron chi connectivity index (χ3n) is 7.14. The molecular formula is C34H35N3O2S. The van der Waals surface area contributed by atoms with Crippen LogP contribution in [-0.2, 0) is 17.6 Å². The van der Waals surface area contributed by atoms with E-state index >= 15 is 0 Å². The summed E-state index contributed by atoms with van der Waals surface area (Å²) >= 11 is 1.42. The average molecular weight is 550 g/mol. The van der Waals surface area contributed by atoms with Gasteiger partial charge in [0.1, 0.15) is 5.75 Å². The quantitative estimate of drug-likeness (QED) is 0.207. The van der Waals surface area contributed by atoms with Crippen molar-refractivity contribution in [1.29, 1.82) is 0 Å². The molecule has 40 heavy (non-hydrogen) atoms. The molecule has 0 N–H and O–H groups in total.